The van der Waals surface area contributed by atoms with Crippen LogP contribution in [0.4, 0.5) is 26.3 Å². The quantitative estimate of drug-likeness (QED) is 0.838. The van der Waals surface area contributed by atoms with Crippen LogP contribution in [-0.4, -0.2) is 23.2 Å². The van der Waals surface area contributed by atoms with Crippen LogP contribution in [0.5, 0.6) is 0 Å². The summed E-state index contributed by atoms with van der Waals surface area (Å²) >= 11 is 0. The lowest BCUT2D eigenvalue weighted by Crippen LogP contribution is -2.42. The molecule has 0 aliphatic heterocycles. The first kappa shape index (κ1) is 17.8. The topological polar surface area (TPSA) is 66.4 Å². The maximum Gasteiger partial charge on any atom is 0.471 e. The van der Waals surface area contributed by atoms with E-state index >= 15 is 0 Å². The minimum absolute atomic E-state index is 0.234. The highest BCUT2D eigenvalue weighted by atomic mass is 19.4. The zero-order valence-electron chi connectivity index (χ0n) is 10.8. The second-order valence-electron chi connectivity index (χ2n) is 4.31. The lowest BCUT2D eigenvalue weighted by atomic mass is 9.99. The highest BCUT2D eigenvalue weighted by Gasteiger charge is 2.41. The molecule has 0 radical (unpaired) electrons. The van der Waals surface area contributed by atoms with Crippen LogP contribution in [0, 0.1) is 6.92 Å². The van der Waals surface area contributed by atoms with Gasteiger partial charge in [0.2, 0.25) is 0 Å². The molecular weight excluding hydrogens is 320 g/mol. The van der Waals surface area contributed by atoms with Crippen molar-refractivity contribution in [2.75, 3.05) is 0 Å². The van der Waals surface area contributed by atoms with E-state index in [1.807, 2.05) is 0 Å². The van der Waals surface area contributed by atoms with Gasteiger partial charge in [-0.2, -0.15) is 26.3 Å². The van der Waals surface area contributed by atoms with E-state index in [0.717, 1.165) is 24.4 Å². The zero-order chi connectivity index (χ0) is 17.3. The third-order valence-corrected chi connectivity index (χ3v) is 2.68. The van der Waals surface area contributed by atoms with Crippen molar-refractivity contribution in [3.8, 4) is 0 Å². The van der Waals surface area contributed by atoms with Gasteiger partial charge in [0.25, 0.3) is 0 Å². The molecule has 1 atom stereocenters. The molecule has 0 aromatic heterocycles. The number of carboxylic acids is 1. The molecule has 1 rings (SSSR count). The minimum atomic E-state index is -5.36. The first-order chi connectivity index (χ1) is 9.84. The van der Waals surface area contributed by atoms with Crippen LogP contribution in [-0.2, 0) is 15.8 Å². The fraction of sp³-hybridized carbons (Fsp3) is 0.333. The monoisotopic (exact) mass is 329 g/mol. The average Bonchev–Trinajstić information content (AvgIpc) is 2.33. The zero-order valence-corrected chi connectivity index (χ0v) is 10.8. The number of aliphatic carboxylic acids is 1. The fourth-order valence-corrected chi connectivity index (χ4v) is 1.63. The molecule has 0 spiro atoms. The summed E-state index contributed by atoms with van der Waals surface area (Å²) in [7, 11) is 0. The molecule has 1 amide bonds. The number of carboxylic acid groups (broad SMARTS) is 1. The molecule has 1 aromatic rings. The number of nitrogens with one attached hydrogen (secondary N) is 1. The van der Waals surface area contributed by atoms with Crippen LogP contribution >= 0.6 is 0 Å². The summed E-state index contributed by atoms with van der Waals surface area (Å²) < 4.78 is 74.6. The average molecular weight is 329 g/mol. The molecule has 0 heterocycles. The Morgan fingerprint density at radius 2 is 1.68 bits per heavy atom. The van der Waals surface area contributed by atoms with Crippen molar-refractivity contribution in [3.05, 3.63) is 34.9 Å². The van der Waals surface area contributed by atoms with Gasteiger partial charge >= 0.3 is 24.2 Å². The molecule has 0 saturated heterocycles. The summed E-state index contributed by atoms with van der Waals surface area (Å²) in [5, 5.41) is 9.98. The summed E-state index contributed by atoms with van der Waals surface area (Å²) in [4.78, 5) is 21.7. The third-order valence-electron chi connectivity index (χ3n) is 2.68. The largest absolute Gasteiger partial charge is 0.479 e. The molecule has 1 unspecified atom stereocenters. The number of benzene rings is 1. The van der Waals surface area contributed by atoms with Gasteiger partial charge in [-0.15, -0.1) is 0 Å². The standard InChI is InChI=1S/C12H9F6NO3/c1-5-2-3-6(4-7(5)11(13,14)15)8(9(20)21)19-10(22)12(16,17)18/h2-4,8H,1H3,(H,19,22)(H,20,21). The van der Waals surface area contributed by atoms with Crippen molar-refractivity contribution >= 4 is 11.9 Å². The number of halogens is 6. The molecular formula is C12H9F6NO3. The molecule has 4 nitrogen and oxygen atoms in total. The molecule has 0 aliphatic carbocycles. The van der Waals surface area contributed by atoms with Gasteiger partial charge in [-0.25, -0.2) is 4.79 Å². The normalized spacial score (nSPS) is 13.6. The summed E-state index contributed by atoms with van der Waals surface area (Å²) in [5.74, 6) is -4.48. The van der Waals surface area contributed by atoms with Crippen molar-refractivity contribution in [2.24, 2.45) is 0 Å². The number of hydrogen-bond acceptors (Lipinski definition) is 2. The SMILES string of the molecule is Cc1ccc(C(NC(=O)C(F)(F)F)C(=O)O)cc1C(F)(F)F. The van der Waals surface area contributed by atoms with Crippen LogP contribution in [0.3, 0.4) is 0 Å². The van der Waals surface area contributed by atoms with Crippen LogP contribution in [0.25, 0.3) is 0 Å². The molecule has 10 heteroatoms. The van der Waals surface area contributed by atoms with E-state index in [1.54, 1.807) is 0 Å². The Kier molecular flexibility index (Phi) is 4.73. The summed E-state index contributed by atoms with van der Waals surface area (Å²) in [5.41, 5.74) is -2.05. The van der Waals surface area contributed by atoms with E-state index in [1.165, 1.54) is 0 Å². The second-order valence-corrected chi connectivity index (χ2v) is 4.31. The van der Waals surface area contributed by atoms with E-state index in [2.05, 4.69) is 0 Å². The lowest BCUT2D eigenvalue weighted by molar-refractivity contribution is -0.175. The van der Waals surface area contributed by atoms with Gasteiger partial charge in [0.15, 0.2) is 6.04 Å². The highest BCUT2D eigenvalue weighted by Crippen LogP contribution is 2.33. The maximum atomic E-state index is 12.7. The number of alkyl halides is 6. The Balaban J connectivity index is 3.24. The van der Waals surface area contributed by atoms with E-state index in [-0.39, 0.29) is 5.56 Å². The van der Waals surface area contributed by atoms with Crippen molar-refractivity contribution in [3.63, 3.8) is 0 Å². The summed E-state index contributed by atoms with van der Waals surface area (Å²) in [6, 6.07) is -0.0469. The Morgan fingerprint density at radius 1 is 1.14 bits per heavy atom. The van der Waals surface area contributed by atoms with Gasteiger partial charge in [0, 0.05) is 0 Å². The summed E-state index contributed by atoms with van der Waals surface area (Å²) in [6.45, 7) is 1.11. The highest BCUT2D eigenvalue weighted by molar-refractivity contribution is 5.87. The molecule has 22 heavy (non-hydrogen) atoms. The number of carbonyl (C=O) groups is 2. The maximum absolute atomic E-state index is 12.7. The Labute approximate surface area is 119 Å². The predicted octanol–water partition coefficient (Wildman–Crippen LogP) is 2.82. The summed E-state index contributed by atoms with van der Waals surface area (Å²) in [6.07, 6.45) is -10.2. The van der Waals surface area contributed by atoms with E-state index in [4.69, 9.17) is 5.11 Å². The number of rotatable bonds is 3. The second kappa shape index (κ2) is 5.85. The van der Waals surface area contributed by atoms with Crippen LogP contribution in [0.1, 0.15) is 22.7 Å². The van der Waals surface area contributed by atoms with Crippen LogP contribution in [0.15, 0.2) is 18.2 Å². The minimum Gasteiger partial charge on any atom is -0.479 e. The fourth-order valence-electron chi connectivity index (χ4n) is 1.63. The van der Waals surface area contributed by atoms with Gasteiger partial charge in [0.05, 0.1) is 5.56 Å². The van der Waals surface area contributed by atoms with Crippen molar-refractivity contribution in [1.82, 2.24) is 5.32 Å². The molecule has 122 valence electrons. The van der Waals surface area contributed by atoms with Gasteiger partial charge in [-0.05, 0) is 24.1 Å². The Hall–Kier alpha value is -2.26. The molecule has 0 bridgehead atoms. The van der Waals surface area contributed by atoms with Gasteiger partial charge in [-0.1, -0.05) is 12.1 Å². The first-order valence-corrected chi connectivity index (χ1v) is 5.62. The van der Waals surface area contributed by atoms with Gasteiger partial charge < -0.3 is 10.4 Å². The lowest BCUT2D eigenvalue weighted by Gasteiger charge is -2.18. The number of amides is 1. The van der Waals surface area contributed by atoms with Crippen molar-refractivity contribution in [1.29, 1.82) is 0 Å². The molecule has 0 fully saturated rings. The van der Waals surface area contributed by atoms with Crippen molar-refractivity contribution < 1.29 is 41.0 Å². The Bertz CT molecular complexity index is 594. The molecule has 0 aliphatic rings. The first-order valence-electron chi connectivity index (χ1n) is 5.62. The van der Waals surface area contributed by atoms with E-state index in [0.29, 0.717) is 6.07 Å². The molecule has 1 aromatic carbocycles. The van der Waals surface area contributed by atoms with E-state index in [9.17, 15) is 35.9 Å². The number of aryl methyl sites for hydroxylation is 1. The van der Waals surface area contributed by atoms with E-state index < -0.39 is 41.4 Å². The number of hydrogen-bond donors (Lipinski definition) is 2. The van der Waals surface area contributed by atoms with Crippen LogP contribution < -0.4 is 5.32 Å². The smallest absolute Gasteiger partial charge is 0.471 e. The Morgan fingerprint density at radius 3 is 2.09 bits per heavy atom. The number of carbonyl (C=O) groups excluding carboxylic acids is 1. The van der Waals surface area contributed by atoms with Crippen molar-refractivity contribution in [2.45, 2.75) is 25.3 Å². The van der Waals surface area contributed by atoms with Crippen LogP contribution in [0.2, 0.25) is 0 Å². The molecule has 2 N–H and O–H groups in total. The molecule has 0 saturated carbocycles. The van der Waals surface area contributed by atoms with Gasteiger partial charge in [0.1, 0.15) is 0 Å². The van der Waals surface area contributed by atoms with Gasteiger partial charge in [-0.3, -0.25) is 4.79 Å². The third kappa shape index (κ3) is 4.12. The predicted molar refractivity (Wildman–Crippen MR) is 60.8 cm³/mol.